The van der Waals surface area contributed by atoms with Crippen molar-refractivity contribution in [1.29, 1.82) is 0 Å². The number of benzene rings is 1. The average Bonchev–Trinajstić information content (AvgIpc) is 2.59. The van der Waals surface area contributed by atoms with Crippen molar-refractivity contribution in [3.8, 4) is 5.75 Å². The van der Waals surface area contributed by atoms with Gasteiger partial charge in [0.25, 0.3) is 5.91 Å². The second kappa shape index (κ2) is 6.71. The van der Waals surface area contributed by atoms with Crippen LogP contribution in [-0.4, -0.2) is 54.4 Å². The van der Waals surface area contributed by atoms with Crippen LogP contribution in [0.15, 0.2) is 23.8 Å². The normalized spacial score (nSPS) is 17.5. The summed E-state index contributed by atoms with van der Waals surface area (Å²) in [7, 11) is 0. The molecular formula is C19H23ClN2O3. The lowest BCUT2D eigenvalue weighted by atomic mass is 9.94. The van der Waals surface area contributed by atoms with Crippen molar-refractivity contribution in [2.75, 3.05) is 32.8 Å². The first-order valence-corrected chi connectivity index (χ1v) is 8.85. The molecule has 5 nitrogen and oxygen atoms in total. The van der Waals surface area contributed by atoms with Gasteiger partial charge in [-0.2, -0.15) is 0 Å². The standard InChI is InChI=1S/C19H23ClN2O3/c1-19(2,3)18(24)22-8-6-21(7-9-22)17(23)14-10-13-11-15(20)4-5-16(13)25-12-14/h4-5,10-11H,6-9,12H2,1-3H3. The van der Waals surface area contributed by atoms with Crippen LogP contribution in [0, 0.1) is 5.41 Å². The maximum Gasteiger partial charge on any atom is 0.253 e. The minimum absolute atomic E-state index is 0.0338. The third-order valence-electron chi connectivity index (χ3n) is 4.46. The van der Waals surface area contributed by atoms with Crippen LogP contribution in [0.1, 0.15) is 26.3 Å². The molecule has 0 N–H and O–H groups in total. The molecule has 2 aliphatic rings. The van der Waals surface area contributed by atoms with Crippen LogP contribution >= 0.6 is 11.6 Å². The number of hydrogen-bond acceptors (Lipinski definition) is 3. The van der Waals surface area contributed by atoms with Gasteiger partial charge in [0.1, 0.15) is 12.4 Å². The Morgan fingerprint density at radius 1 is 1.08 bits per heavy atom. The number of hydrogen-bond donors (Lipinski definition) is 0. The number of carbonyl (C=O) groups excluding carboxylic acids is 2. The fourth-order valence-corrected chi connectivity index (χ4v) is 3.24. The van der Waals surface area contributed by atoms with Gasteiger partial charge in [0, 0.05) is 42.2 Å². The van der Waals surface area contributed by atoms with Gasteiger partial charge in [0.2, 0.25) is 5.91 Å². The molecule has 1 aromatic carbocycles. The summed E-state index contributed by atoms with van der Waals surface area (Å²) in [6.07, 6.45) is 1.85. The van der Waals surface area contributed by atoms with E-state index in [1.807, 2.05) is 37.8 Å². The van der Waals surface area contributed by atoms with Crippen LogP contribution in [0.4, 0.5) is 0 Å². The predicted molar refractivity (Wildman–Crippen MR) is 97.5 cm³/mol. The Kier molecular flexibility index (Phi) is 4.78. The zero-order chi connectivity index (χ0) is 18.2. The maximum atomic E-state index is 12.8. The molecule has 0 spiro atoms. The van der Waals surface area contributed by atoms with E-state index in [2.05, 4.69) is 0 Å². The number of piperazine rings is 1. The van der Waals surface area contributed by atoms with E-state index in [0.717, 1.165) is 11.3 Å². The molecule has 0 saturated carbocycles. The molecule has 2 aliphatic heterocycles. The first kappa shape index (κ1) is 17.8. The SMILES string of the molecule is CC(C)(C)C(=O)N1CCN(C(=O)C2=Cc3cc(Cl)ccc3OC2)CC1. The number of ether oxygens (including phenoxy) is 1. The van der Waals surface area contributed by atoms with Gasteiger partial charge in [-0.1, -0.05) is 32.4 Å². The fourth-order valence-electron chi connectivity index (χ4n) is 3.06. The van der Waals surface area contributed by atoms with Crippen molar-refractivity contribution in [2.24, 2.45) is 5.41 Å². The van der Waals surface area contributed by atoms with E-state index < -0.39 is 5.41 Å². The molecule has 2 heterocycles. The summed E-state index contributed by atoms with van der Waals surface area (Å²) >= 11 is 6.02. The molecule has 6 heteroatoms. The van der Waals surface area contributed by atoms with Gasteiger partial charge in [-0.3, -0.25) is 9.59 Å². The van der Waals surface area contributed by atoms with Crippen LogP contribution in [0.25, 0.3) is 6.08 Å². The van der Waals surface area contributed by atoms with Crippen molar-refractivity contribution in [3.05, 3.63) is 34.4 Å². The maximum absolute atomic E-state index is 12.8. The van der Waals surface area contributed by atoms with Crippen LogP contribution < -0.4 is 4.74 Å². The number of fused-ring (bicyclic) bond motifs is 1. The molecule has 3 rings (SSSR count). The molecule has 0 unspecified atom stereocenters. The third-order valence-corrected chi connectivity index (χ3v) is 4.69. The highest BCUT2D eigenvalue weighted by molar-refractivity contribution is 6.30. The van der Waals surface area contributed by atoms with E-state index in [4.69, 9.17) is 16.3 Å². The highest BCUT2D eigenvalue weighted by atomic mass is 35.5. The largest absolute Gasteiger partial charge is 0.488 e. The topological polar surface area (TPSA) is 49.9 Å². The zero-order valence-electron chi connectivity index (χ0n) is 14.8. The number of nitrogens with zero attached hydrogens (tertiary/aromatic N) is 2. The average molecular weight is 363 g/mol. The highest BCUT2D eigenvalue weighted by Gasteiger charge is 2.32. The van der Waals surface area contributed by atoms with Gasteiger partial charge in [-0.15, -0.1) is 0 Å². The van der Waals surface area contributed by atoms with Gasteiger partial charge in [-0.25, -0.2) is 0 Å². The first-order valence-electron chi connectivity index (χ1n) is 8.47. The Balaban J connectivity index is 1.67. The molecule has 25 heavy (non-hydrogen) atoms. The summed E-state index contributed by atoms with van der Waals surface area (Å²) in [6, 6.07) is 5.38. The number of carbonyl (C=O) groups is 2. The van der Waals surface area contributed by atoms with Crippen LogP contribution in [0.2, 0.25) is 5.02 Å². The molecule has 0 bridgehead atoms. The minimum atomic E-state index is -0.394. The fraction of sp³-hybridized carbons (Fsp3) is 0.474. The molecule has 0 aromatic heterocycles. The van der Waals surface area contributed by atoms with Gasteiger partial charge < -0.3 is 14.5 Å². The molecule has 1 saturated heterocycles. The second-order valence-electron chi connectivity index (χ2n) is 7.47. The second-order valence-corrected chi connectivity index (χ2v) is 7.91. The summed E-state index contributed by atoms with van der Waals surface area (Å²) < 4.78 is 5.67. The molecule has 0 aliphatic carbocycles. The zero-order valence-corrected chi connectivity index (χ0v) is 15.6. The molecule has 1 aromatic rings. The Morgan fingerprint density at radius 3 is 2.36 bits per heavy atom. The van der Waals surface area contributed by atoms with Crippen LogP contribution in [0.5, 0.6) is 5.75 Å². The van der Waals surface area contributed by atoms with Gasteiger partial charge in [-0.05, 0) is 24.3 Å². The Bertz CT molecular complexity index is 729. The van der Waals surface area contributed by atoms with Gasteiger partial charge in [0.05, 0.1) is 5.57 Å². The predicted octanol–water partition coefficient (Wildman–Crippen LogP) is 2.83. The van der Waals surface area contributed by atoms with E-state index in [0.29, 0.717) is 36.8 Å². The van der Waals surface area contributed by atoms with Crippen molar-refractivity contribution in [1.82, 2.24) is 9.80 Å². The van der Waals surface area contributed by atoms with Gasteiger partial charge in [0.15, 0.2) is 0 Å². The van der Waals surface area contributed by atoms with Gasteiger partial charge >= 0.3 is 0 Å². The van der Waals surface area contributed by atoms with E-state index >= 15 is 0 Å². The van der Waals surface area contributed by atoms with Crippen LogP contribution in [-0.2, 0) is 9.59 Å². The van der Waals surface area contributed by atoms with E-state index in [9.17, 15) is 9.59 Å². The minimum Gasteiger partial charge on any atom is -0.488 e. The van der Waals surface area contributed by atoms with Crippen molar-refractivity contribution in [2.45, 2.75) is 20.8 Å². The highest BCUT2D eigenvalue weighted by Crippen LogP contribution is 2.29. The smallest absolute Gasteiger partial charge is 0.253 e. The van der Waals surface area contributed by atoms with Crippen LogP contribution in [0.3, 0.4) is 0 Å². The molecule has 0 radical (unpaired) electrons. The molecular weight excluding hydrogens is 340 g/mol. The number of rotatable bonds is 1. The van der Waals surface area contributed by atoms with Crippen molar-refractivity contribution in [3.63, 3.8) is 0 Å². The quantitative estimate of drug-likeness (QED) is 0.771. The third kappa shape index (κ3) is 3.82. The lowest BCUT2D eigenvalue weighted by Gasteiger charge is -2.38. The Labute approximate surface area is 153 Å². The monoisotopic (exact) mass is 362 g/mol. The summed E-state index contributed by atoms with van der Waals surface area (Å²) in [5, 5.41) is 0.613. The first-order chi connectivity index (χ1) is 11.8. The summed E-state index contributed by atoms with van der Waals surface area (Å²) in [5.74, 6) is 0.832. The Hall–Kier alpha value is -2.01. The Morgan fingerprint density at radius 2 is 1.72 bits per heavy atom. The number of amides is 2. The number of halogens is 1. The lowest BCUT2D eigenvalue weighted by molar-refractivity contribution is -0.144. The summed E-state index contributed by atoms with van der Waals surface area (Å²) in [6.45, 7) is 8.23. The lowest BCUT2D eigenvalue weighted by Crippen LogP contribution is -2.53. The molecule has 134 valence electrons. The van der Waals surface area contributed by atoms with Crippen molar-refractivity contribution >= 4 is 29.5 Å². The molecule has 2 amide bonds. The summed E-state index contributed by atoms with van der Waals surface area (Å²) in [5.41, 5.74) is 1.04. The van der Waals surface area contributed by atoms with E-state index in [1.165, 1.54) is 0 Å². The molecule has 1 fully saturated rings. The molecule has 0 atom stereocenters. The van der Waals surface area contributed by atoms with E-state index in [1.54, 1.807) is 17.0 Å². The summed E-state index contributed by atoms with van der Waals surface area (Å²) in [4.78, 5) is 28.7. The van der Waals surface area contributed by atoms with Crippen molar-refractivity contribution < 1.29 is 14.3 Å². The van der Waals surface area contributed by atoms with E-state index in [-0.39, 0.29) is 18.4 Å².